The van der Waals surface area contributed by atoms with Crippen molar-refractivity contribution in [2.24, 2.45) is 0 Å². The maximum Gasteiger partial charge on any atom is 0.0510 e. The highest BCUT2D eigenvalue weighted by Crippen LogP contribution is 2.29. The summed E-state index contributed by atoms with van der Waals surface area (Å²) in [5, 5.41) is 0. The summed E-state index contributed by atoms with van der Waals surface area (Å²) < 4.78 is 0. The van der Waals surface area contributed by atoms with E-state index in [4.69, 9.17) is 0 Å². The molecule has 0 aromatic heterocycles. The zero-order valence-corrected chi connectivity index (χ0v) is 14.4. The minimum Gasteiger partial charge on any atom is -0.0869 e. The molecule has 0 nitrogen and oxygen atoms in total. The smallest absolute Gasteiger partial charge is 0.0510 e. The van der Waals surface area contributed by atoms with Crippen LogP contribution in [0.3, 0.4) is 0 Å². The zero-order valence-electron chi connectivity index (χ0n) is 14.4. The molecular weight excluding hydrogens is 264 g/mol. The van der Waals surface area contributed by atoms with Gasteiger partial charge < -0.3 is 0 Å². The summed E-state index contributed by atoms with van der Waals surface area (Å²) in [6, 6.07) is 19.1. The molecule has 0 radical (unpaired) electrons. The van der Waals surface area contributed by atoms with E-state index in [-0.39, 0.29) is 10.8 Å². The summed E-state index contributed by atoms with van der Waals surface area (Å²) in [6.07, 6.45) is 1.14. The molecule has 0 heterocycles. The van der Waals surface area contributed by atoms with Crippen molar-refractivity contribution in [2.75, 3.05) is 0 Å². The number of rotatable bonds is 3. The molecule has 0 aliphatic carbocycles. The van der Waals surface area contributed by atoms with Gasteiger partial charge in [-0.15, -0.1) is 0 Å². The molecule has 2 aromatic rings. The van der Waals surface area contributed by atoms with E-state index in [1.165, 1.54) is 11.1 Å². The van der Waals surface area contributed by atoms with E-state index in [1.54, 1.807) is 0 Å². The van der Waals surface area contributed by atoms with Gasteiger partial charge in [0.2, 0.25) is 0 Å². The van der Waals surface area contributed by atoms with Crippen LogP contribution in [-0.2, 0) is 10.8 Å². The summed E-state index contributed by atoms with van der Waals surface area (Å²) in [5.74, 6) is 6.70. The lowest BCUT2D eigenvalue weighted by atomic mass is 9.79. The first-order valence-electron chi connectivity index (χ1n) is 8.04. The monoisotopic (exact) mass is 290 g/mol. The van der Waals surface area contributed by atoms with Gasteiger partial charge in [0.05, 0.1) is 5.41 Å². The minimum absolute atomic E-state index is 0.148. The molecule has 0 N–H and O–H groups in total. The van der Waals surface area contributed by atoms with Crippen molar-refractivity contribution >= 4 is 0 Å². The fraction of sp³-hybridized carbons (Fsp3) is 0.364. The lowest BCUT2D eigenvalue weighted by Gasteiger charge is -2.25. The van der Waals surface area contributed by atoms with Crippen molar-refractivity contribution in [1.82, 2.24) is 0 Å². The third-order valence-electron chi connectivity index (χ3n) is 4.57. The highest BCUT2D eigenvalue weighted by Gasteiger charge is 2.21. The topological polar surface area (TPSA) is 0 Å². The molecule has 0 bridgehead atoms. The Balaban J connectivity index is 2.25. The van der Waals surface area contributed by atoms with E-state index in [0.29, 0.717) is 0 Å². The van der Waals surface area contributed by atoms with Gasteiger partial charge in [-0.2, -0.15) is 0 Å². The van der Waals surface area contributed by atoms with Gasteiger partial charge in [0.1, 0.15) is 0 Å². The highest BCUT2D eigenvalue weighted by atomic mass is 14.2. The Kier molecular flexibility index (Phi) is 4.77. The van der Waals surface area contributed by atoms with Crippen LogP contribution in [0.15, 0.2) is 54.6 Å². The normalized spacial score (nSPS) is 11.7. The van der Waals surface area contributed by atoms with Gasteiger partial charge in [-0.05, 0) is 48.9 Å². The minimum atomic E-state index is -0.148. The Morgan fingerprint density at radius 3 is 1.86 bits per heavy atom. The van der Waals surface area contributed by atoms with Crippen molar-refractivity contribution in [3.05, 3.63) is 71.3 Å². The van der Waals surface area contributed by atoms with Crippen LogP contribution in [0.25, 0.3) is 0 Å². The Bertz CT molecular complexity index is 661. The van der Waals surface area contributed by atoms with Gasteiger partial charge in [-0.1, -0.05) is 75.1 Å². The molecule has 0 heteroatoms. The van der Waals surface area contributed by atoms with Gasteiger partial charge in [-0.3, -0.25) is 0 Å². The second kappa shape index (κ2) is 6.41. The maximum absolute atomic E-state index is 3.41. The fourth-order valence-electron chi connectivity index (χ4n) is 2.36. The quantitative estimate of drug-likeness (QED) is 0.636. The van der Waals surface area contributed by atoms with E-state index in [0.717, 1.165) is 12.0 Å². The number of hydrogen-bond acceptors (Lipinski definition) is 0. The van der Waals surface area contributed by atoms with E-state index < -0.39 is 0 Å². The van der Waals surface area contributed by atoms with Crippen LogP contribution in [0.5, 0.6) is 0 Å². The van der Waals surface area contributed by atoms with Gasteiger partial charge in [0.15, 0.2) is 0 Å². The van der Waals surface area contributed by atoms with Gasteiger partial charge in [0.25, 0.3) is 0 Å². The van der Waals surface area contributed by atoms with Crippen molar-refractivity contribution in [3.8, 4) is 11.8 Å². The average molecular weight is 290 g/mol. The first kappa shape index (κ1) is 16.4. The predicted molar refractivity (Wildman–Crippen MR) is 96.1 cm³/mol. The SMILES string of the molecule is CCC(C)(C)c1ccc(C(C)(C)C#Cc2ccccc2)cc1. The van der Waals surface area contributed by atoms with Crippen molar-refractivity contribution in [2.45, 2.75) is 51.9 Å². The molecule has 0 spiro atoms. The fourth-order valence-corrected chi connectivity index (χ4v) is 2.36. The summed E-state index contributed by atoms with van der Waals surface area (Å²) in [7, 11) is 0. The van der Waals surface area contributed by atoms with Crippen molar-refractivity contribution in [3.63, 3.8) is 0 Å². The van der Waals surface area contributed by atoms with Crippen molar-refractivity contribution < 1.29 is 0 Å². The maximum atomic E-state index is 3.41. The first-order valence-corrected chi connectivity index (χ1v) is 8.04. The Hall–Kier alpha value is -2.00. The molecule has 0 aliphatic heterocycles. The van der Waals surface area contributed by atoms with Crippen LogP contribution < -0.4 is 0 Å². The summed E-state index contributed by atoms with van der Waals surface area (Å²) in [6.45, 7) is 11.2. The molecule has 2 rings (SSSR count). The lowest BCUT2D eigenvalue weighted by molar-refractivity contribution is 0.505. The largest absolute Gasteiger partial charge is 0.0869 e. The Morgan fingerprint density at radius 2 is 1.32 bits per heavy atom. The number of hydrogen-bond donors (Lipinski definition) is 0. The molecule has 0 saturated heterocycles. The van der Waals surface area contributed by atoms with Crippen LogP contribution in [0.2, 0.25) is 0 Å². The predicted octanol–water partition coefficient (Wildman–Crippen LogP) is 5.70. The molecule has 0 saturated carbocycles. The van der Waals surface area contributed by atoms with E-state index in [9.17, 15) is 0 Å². The second-order valence-corrected chi connectivity index (χ2v) is 7.06. The molecular formula is C22H26. The van der Waals surface area contributed by atoms with Crippen LogP contribution in [0.4, 0.5) is 0 Å². The third-order valence-corrected chi connectivity index (χ3v) is 4.57. The van der Waals surface area contributed by atoms with Crippen LogP contribution >= 0.6 is 0 Å². The standard InChI is InChI=1S/C22H26/c1-6-21(2,3)19-12-14-20(15-13-19)22(4,5)17-16-18-10-8-7-9-11-18/h7-15H,6H2,1-5H3. The van der Waals surface area contributed by atoms with Gasteiger partial charge in [0, 0.05) is 5.56 Å². The summed E-state index contributed by atoms with van der Waals surface area (Å²) in [4.78, 5) is 0. The van der Waals surface area contributed by atoms with E-state index >= 15 is 0 Å². The molecule has 0 unspecified atom stereocenters. The molecule has 0 amide bonds. The lowest BCUT2D eigenvalue weighted by Crippen LogP contribution is -2.17. The molecule has 22 heavy (non-hydrogen) atoms. The third kappa shape index (κ3) is 3.80. The van der Waals surface area contributed by atoms with Gasteiger partial charge in [-0.25, -0.2) is 0 Å². The van der Waals surface area contributed by atoms with Crippen molar-refractivity contribution in [1.29, 1.82) is 0 Å². The second-order valence-electron chi connectivity index (χ2n) is 7.06. The van der Waals surface area contributed by atoms with Crippen LogP contribution in [0, 0.1) is 11.8 Å². The highest BCUT2D eigenvalue weighted by molar-refractivity contribution is 5.42. The Labute approximate surface area is 135 Å². The molecule has 0 aliphatic rings. The average Bonchev–Trinajstić information content (AvgIpc) is 2.54. The molecule has 114 valence electrons. The first-order chi connectivity index (χ1) is 10.3. The molecule has 0 atom stereocenters. The van der Waals surface area contributed by atoms with E-state index in [1.807, 2.05) is 18.2 Å². The molecule has 2 aromatic carbocycles. The number of benzene rings is 2. The zero-order chi connectivity index (χ0) is 16.2. The van der Waals surface area contributed by atoms with Gasteiger partial charge >= 0.3 is 0 Å². The summed E-state index contributed by atoms with van der Waals surface area (Å²) in [5.41, 5.74) is 3.82. The summed E-state index contributed by atoms with van der Waals surface area (Å²) >= 11 is 0. The Morgan fingerprint density at radius 1 is 0.773 bits per heavy atom. The van der Waals surface area contributed by atoms with E-state index in [2.05, 4.69) is 82.9 Å². The molecule has 0 fully saturated rings. The van der Waals surface area contributed by atoms with Crippen LogP contribution in [-0.4, -0.2) is 0 Å². The van der Waals surface area contributed by atoms with Crippen LogP contribution in [0.1, 0.15) is 57.7 Å².